The number of nitroso groups, excluding NO2 is 1. The number of primary amides is 1. The molecule has 0 aliphatic carbocycles. The van der Waals surface area contributed by atoms with Crippen molar-refractivity contribution in [1.29, 1.82) is 0 Å². The molecule has 6 nitrogen and oxygen atoms in total. The lowest BCUT2D eigenvalue weighted by molar-refractivity contribution is 0.209. The average molecular weight is 223 g/mol. The van der Waals surface area contributed by atoms with Crippen LogP contribution in [0.3, 0.4) is 0 Å². The van der Waals surface area contributed by atoms with Crippen molar-refractivity contribution >= 4 is 6.03 Å². The van der Waals surface area contributed by atoms with Gasteiger partial charge in [-0.25, -0.2) is 4.79 Å². The van der Waals surface area contributed by atoms with E-state index in [0.29, 0.717) is 11.4 Å². The van der Waals surface area contributed by atoms with Gasteiger partial charge in [-0.15, -0.1) is 4.91 Å². The zero-order valence-electron chi connectivity index (χ0n) is 8.92. The second-order valence-electron chi connectivity index (χ2n) is 3.14. The highest BCUT2D eigenvalue weighted by Crippen LogP contribution is 2.11. The molecule has 0 unspecified atom stereocenters. The molecule has 0 heterocycles. The average Bonchev–Trinajstić information content (AvgIpc) is 2.30. The fourth-order valence-corrected chi connectivity index (χ4v) is 1.22. The van der Waals surface area contributed by atoms with Crippen LogP contribution in [0.15, 0.2) is 29.6 Å². The van der Waals surface area contributed by atoms with Crippen molar-refractivity contribution in [1.82, 2.24) is 5.01 Å². The Morgan fingerprint density at radius 2 is 2.06 bits per heavy atom. The smallest absolute Gasteiger partial charge is 0.337 e. The SMILES string of the molecule is COc1ccc(CCN(N=O)C(N)=O)cc1. The normalized spacial score (nSPS) is 9.56. The topological polar surface area (TPSA) is 85.0 Å². The molecule has 0 fully saturated rings. The predicted molar refractivity (Wildman–Crippen MR) is 58.8 cm³/mol. The van der Waals surface area contributed by atoms with E-state index in [1.165, 1.54) is 0 Å². The van der Waals surface area contributed by atoms with Crippen LogP contribution in [0.5, 0.6) is 5.75 Å². The van der Waals surface area contributed by atoms with E-state index in [1.807, 2.05) is 12.1 Å². The molecular formula is C10H13N3O3. The second-order valence-corrected chi connectivity index (χ2v) is 3.14. The first-order valence-corrected chi connectivity index (χ1v) is 4.70. The zero-order chi connectivity index (χ0) is 12.0. The molecule has 0 aliphatic heterocycles. The summed E-state index contributed by atoms with van der Waals surface area (Å²) in [5.41, 5.74) is 5.90. The first kappa shape index (κ1) is 12.0. The molecule has 1 aromatic carbocycles. The van der Waals surface area contributed by atoms with E-state index in [9.17, 15) is 9.70 Å². The minimum atomic E-state index is -0.844. The van der Waals surface area contributed by atoms with Crippen LogP contribution in [-0.2, 0) is 6.42 Å². The van der Waals surface area contributed by atoms with Gasteiger partial charge in [-0.3, -0.25) is 0 Å². The van der Waals surface area contributed by atoms with Gasteiger partial charge in [0.1, 0.15) is 5.75 Å². The van der Waals surface area contributed by atoms with Crippen LogP contribution in [0.2, 0.25) is 0 Å². The van der Waals surface area contributed by atoms with Gasteiger partial charge in [0.15, 0.2) is 0 Å². The number of urea groups is 1. The van der Waals surface area contributed by atoms with E-state index < -0.39 is 6.03 Å². The molecule has 2 N–H and O–H groups in total. The zero-order valence-corrected chi connectivity index (χ0v) is 8.92. The molecule has 0 spiro atoms. The Hall–Kier alpha value is -2.11. The highest BCUT2D eigenvalue weighted by atomic mass is 16.5. The molecule has 16 heavy (non-hydrogen) atoms. The summed E-state index contributed by atoms with van der Waals surface area (Å²) in [6.45, 7) is 0.172. The van der Waals surface area contributed by atoms with E-state index in [-0.39, 0.29) is 6.54 Å². The lowest BCUT2D eigenvalue weighted by atomic mass is 10.1. The summed E-state index contributed by atoms with van der Waals surface area (Å²) in [7, 11) is 1.58. The molecule has 0 radical (unpaired) electrons. The van der Waals surface area contributed by atoms with Crippen LogP contribution in [0.1, 0.15) is 5.56 Å². The van der Waals surface area contributed by atoms with Crippen molar-refractivity contribution in [2.75, 3.05) is 13.7 Å². The standard InChI is InChI=1S/C10H13N3O3/c1-16-9-4-2-8(3-5-9)6-7-13(12-15)10(11)14/h2-5H,6-7H2,1H3,(H2,11,14). The summed E-state index contributed by atoms with van der Waals surface area (Å²) in [5.74, 6) is 0.754. The van der Waals surface area contributed by atoms with Crippen molar-refractivity contribution in [3.05, 3.63) is 34.7 Å². The lowest BCUT2D eigenvalue weighted by Crippen LogP contribution is -2.32. The van der Waals surface area contributed by atoms with Gasteiger partial charge in [-0.05, 0) is 24.1 Å². The lowest BCUT2D eigenvalue weighted by Gasteiger charge is -2.09. The quantitative estimate of drug-likeness (QED) is 0.603. The van der Waals surface area contributed by atoms with Crippen molar-refractivity contribution in [2.24, 2.45) is 11.0 Å². The van der Waals surface area contributed by atoms with Crippen LogP contribution in [0, 0.1) is 4.91 Å². The molecule has 6 heteroatoms. The van der Waals surface area contributed by atoms with Gasteiger partial charge in [0.25, 0.3) is 0 Å². The van der Waals surface area contributed by atoms with Gasteiger partial charge >= 0.3 is 6.03 Å². The predicted octanol–water partition coefficient (Wildman–Crippen LogP) is 1.30. The molecule has 0 aromatic heterocycles. The number of amides is 2. The van der Waals surface area contributed by atoms with E-state index in [0.717, 1.165) is 11.3 Å². The Kier molecular flexibility index (Phi) is 4.26. The van der Waals surface area contributed by atoms with Gasteiger partial charge < -0.3 is 10.5 Å². The largest absolute Gasteiger partial charge is 0.497 e. The van der Waals surface area contributed by atoms with E-state index in [1.54, 1.807) is 19.2 Å². The number of nitrogens with two attached hydrogens (primary N) is 1. The molecule has 0 aliphatic rings. The maximum absolute atomic E-state index is 10.7. The number of benzene rings is 1. The maximum Gasteiger partial charge on any atom is 0.337 e. The van der Waals surface area contributed by atoms with E-state index in [4.69, 9.17) is 10.5 Å². The van der Waals surface area contributed by atoms with Crippen LogP contribution in [0.25, 0.3) is 0 Å². The summed E-state index contributed by atoms with van der Waals surface area (Å²) >= 11 is 0. The van der Waals surface area contributed by atoms with Gasteiger partial charge in [0.05, 0.1) is 18.9 Å². The third-order valence-electron chi connectivity index (χ3n) is 2.12. The summed E-state index contributed by atoms with van der Waals surface area (Å²) in [6, 6.07) is 6.46. The summed E-state index contributed by atoms with van der Waals surface area (Å²) < 4.78 is 5.00. The van der Waals surface area contributed by atoms with Gasteiger partial charge in [-0.2, -0.15) is 5.01 Å². The first-order chi connectivity index (χ1) is 7.67. The third-order valence-corrected chi connectivity index (χ3v) is 2.12. The molecule has 0 saturated heterocycles. The monoisotopic (exact) mass is 223 g/mol. The molecule has 1 rings (SSSR count). The number of carbonyl (C=O) groups excluding carboxylic acids is 1. The molecule has 2 amide bonds. The molecule has 0 bridgehead atoms. The second kappa shape index (κ2) is 5.69. The van der Waals surface area contributed by atoms with Crippen LogP contribution in [0.4, 0.5) is 4.79 Å². The summed E-state index contributed by atoms with van der Waals surface area (Å²) in [6.07, 6.45) is 0.513. The fraction of sp³-hybridized carbons (Fsp3) is 0.300. The number of hydrogen-bond acceptors (Lipinski definition) is 4. The Balaban J connectivity index is 2.53. The molecular weight excluding hydrogens is 210 g/mol. The minimum absolute atomic E-state index is 0.172. The third kappa shape index (κ3) is 3.23. The van der Waals surface area contributed by atoms with Gasteiger partial charge in [0, 0.05) is 0 Å². The fourth-order valence-electron chi connectivity index (χ4n) is 1.22. The van der Waals surface area contributed by atoms with Gasteiger partial charge in [0.2, 0.25) is 0 Å². The Morgan fingerprint density at radius 3 is 2.50 bits per heavy atom. The maximum atomic E-state index is 10.7. The van der Waals surface area contributed by atoms with Crippen molar-refractivity contribution in [2.45, 2.75) is 6.42 Å². The molecule has 0 atom stereocenters. The number of nitrogens with zero attached hydrogens (tertiary/aromatic N) is 2. The molecule has 1 aromatic rings. The molecule has 86 valence electrons. The van der Waals surface area contributed by atoms with Crippen LogP contribution < -0.4 is 10.5 Å². The summed E-state index contributed by atoms with van der Waals surface area (Å²) in [5, 5.41) is 3.21. The number of hydrogen-bond donors (Lipinski definition) is 1. The number of carbonyl (C=O) groups is 1. The van der Waals surface area contributed by atoms with E-state index >= 15 is 0 Å². The van der Waals surface area contributed by atoms with Gasteiger partial charge in [-0.1, -0.05) is 12.1 Å². The van der Waals surface area contributed by atoms with Crippen LogP contribution in [-0.4, -0.2) is 24.7 Å². The Morgan fingerprint density at radius 1 is 1.44 bits per heavy atom. The highest BCUT2D eigenvalue weighted by molar-refractivity contribution is 5.71. The number of rotatable bonds is 5. The summed E-state index contributed by atoms with van der Waals surface area (Å²) in [4.78, 5) is 20.9. The van der Waals surface area contributed by atoms with Crippen molar-refractivity contribution in [3.63, 3.8) is 0 Å². The van der Waals surface area contributed by atoms with Crippen molar-refractivity contribution in [3.8, 4) is 5.75 Å². The number of methoxy groups -OCH3 is 1. The minimum Gasteiger partial charge on any atom is -0.497 e. The number of ether oxygens (including phenoxy) is 1. The van der Waals surface area contributed by atoms with E-state index in [2.05, 4.69) is 5.29 Å². The highest BCUT2D eigenvalue weighted by Gasteiger charge is 2.08. The van der Waals surface area contributed by atoms with Crippen LogP contribution >= 0.6 is 0 Å². The van der Waals surface area contributed by atoms with Crippen molar-refractivity contribution < 1.29 is 9.53 Å². The Bertz CT molecular complexity index is 364. The Labute approximate surface area is 92.9 Å². The molecule has 0 saturated carbocycles. The first-order valence-electron chi connectivity index (χ1n) is 4.70.